The summed E-state index contributed by atoms with van der Waals surface area (Å²) in [5.41, 5.74) is 0.257. The predicted molar refractivity (Wildman–Crippen MR) is 27.6 cm³/mol. The smallest absolute Gasteiger partial charge is 0.175 e. The second kappa shape index (κ2) is 3.19. The molecule has 0 bridgehead atoms. The topological polar surface area (TPSA) is 64.2 Å². The van der Waals surface area contributed by atoms with Crippen LogP contribution < -0.4 is 0 Å². The lowest BCUT2D eigenvalue weighted by Gasteiger charge is -1.97. The Morgan fingerprint density at radius 1 is 1.75 bits per heavy atom. The van der Waals surface area contributed by atoms with Crippen molar-refractivity contribution in [1.29, 1.82) is 5.26 Å². The maximum Gasteiger partial charge on any atom is 0.175 e. The first-order chi connectivity index (χ1) is 3.68. The minimum atomic E-state index is -1.49. The number of hydrogen-bond acceptors (Lipinski definition) is 3. The molecule has 44 valence electrons. The van der Waals surface area contributed by atoms with Gasteiger partial charge in [0.2, 0.25) is 0 Å². The van der Waals surface area contributed by atoms with Gasteiger partial charge in [-0.05, 0) is 12.5 Å². The van der Waals surface area contributed by atoms with Crippen molar-refractivity contribution in [3.8, 4) is 6.07 Å². The fraction of sp³-hybridized carbons (Fsp3) is 0.400. The van der Waals surface area contributed by atoms with Crippen molar-refractivity contribution in [2.75, 3.05) is 0 Å². The van der Waals surface area contributed by atoms with Gasteiger partial charge in [0, 0.05) is 6.08 Å². The Balaban J connectivity index is 3.85. The summed E-state index contributed by atoms with van der Waals surface area (Å²) in [6, 6.07) is 1.67. The molecule has 2 N–H and O–H groups in total. The summed E-state index contributed by atoms with van der Waals surface area (Å²) < 4.78 is 0. The number of nitriles is 1. The molecule has 0 saturated heterocycles. The molecule has 0 radical (unpaired) electrons. The third kappa shape index (κ3) is 2.35. The summed E-state index contributed by atoms with van der Waals surface area (Å²) >= 11 is 0. The minimum absolute atomic E-state index is 0.257. The van der Waals surface area contributed by atoms with Crippen LogP contribution in [-0.2, 0) is 0 Å². The van der Waals surface area contributed by atoms with Gasteiger partial charge in [0.25, 0.3) is 0 Å². The summed E-state index contributed by atoms with van der Waals surface area (Å²) in [7, 11) is 0. The lowest BCUT2D eigenvalue weighted by molar-refractivity contribution is -0.00757. The first kappa shape index (κ1) is 7.15. The molecule has 0 spiro atoms. The fourth-order valence-corrected chi connectivity index (χ4v) is 0.176. The van der Waals surface area contributed by atoms with Crippen molar-refractivity contribution in [3.63, 3.8) is 0 Å². The van der Waals surface area contributed by atoms with Crippen molar-refractivity contribution in [2.24, 2.45) is 0 Å². The molecular formula is C5H7NO2. The number of aliphatic hydroxyl groups is 2. The lowest BCUT2D eigenvalue weighted by atomic mass is 10.3. The van der Waals surface area contributed by atoms with Gasteiger partial charge in [-0.25, -0.2) is 0 Å². The molecular weight excluding hydrogens is 106 g/mol. The molecule has 0 aromatic heterocycles. The molecule has 0 saturated carbocycles. The van der Waals surface area contributed by atoms with Gasteiger partial charge in [-0.2, -0.15) is 5.26 Å². The molecule has 0 aromatic rings. The standard InChI is InChI=1S/C5H7NO2/c1-4(2-3-6)5(7)8/h2,5,7-8H,1H3. The van der Waals surface area contributed by atoms with E-state index >= 15 is 0 Å². The van der Waals surface area contributed by atoms with E-state index < -0.39 is 6.29 Å². The first-order valence-corrected chi connectivity index (χ1v) is 2.11. The average molecular weight is 113 g/mol. The zero-order valence-corrected chi connectivity index (χ0v) is 4.50. The van der Waals surface area contributed by atoms with E-state index in [9.17, 15) is 0 Å². The molecule has 0 heterocycles. The average Bonchev–Trinajstić information content (AvgIpc) is 1.67. The Kier molecular flexibility index (Phi) is 2.85. The van der Waals surface area contributed by atoms with E-state index in [1.807, 2.05) is 0 Å². The van der Waals surface area contributed by atoms with Gasteiger partial charge in [0.1, 0.15) is 0 Å². The second-order valence-electron chi connectivity index (χ2n) is 1.39. The third-order valence-corrected chi connectivity index (χ3v) is 0.699. The van der Waals surface area contributed by atoms with Crippen LogP contribution in [0.5, 0.6) is 0 Å². The van der Waals surface area contributed by atoms with Crippen LogP contribution in [0.1, 0.15) is 6.92 Å². The largest absolute Gasteiger partial charge is 0.365 e. The molecule has 0 aliphatic carbocycles. The van der Waals surface area contributed by atoms with Gasteiger partial charge in [-0.3, -0.25) is 0 Å². The molecule has 0 aromatic carbocycles. The number of nitrogens with zero attached hydrogens (tertiary/aromatic N) is 1. The summed E-state index contributed by atoms with van der Waals surface area (Å²) in [6.45, 7) is 1.47. The summed E-state index contributed by atoms with van der Waals surface area (Å²) in [4.78, 5) is 0. The first-order valence-electron chi connectivity index (χ1n) is 2.11. The molecule has 0 amide bonds. The van der Waals surface area contributed by atoms with Crippen LogP contribution in [0.2, 0.25) is 0 Å². The highest BCUT2D eigenvalue weighted by Gasteiger charge is 1.96. The number of rotatable bonds is 1. The zero-order valence-electron chi connectivity index (χ0n) is 4.50. The van der Waals surface area contributed by atoms with Crippen LogP contribution in [0.4, 0.5) is 0 Å². The molecule has 0 rings (SSSR count). The second-order valence-corrected chi connectivity index (χ2v) is 1.39. The maximum atomic E-state index is 8.29. The quantitative estimate of drug-likeness (QED) is 0.364. The Bertz CT molecular complexity index is 132. The van der Waals surface area contributed by atoms with Gasteiger partial charge in [0.15, 0.2) is 6.29 Å². The molecule has 3 nitrogen and oxygen atoms in total. The van der Waals surface area contributed by atoms with Crippen LogP contribution in [0.3, 0.4) is 0 Å². The van der Waals surface area contributed by atoms with E-state index in [2.05, 4.69) is 0 Å². The summed E-state index contributed by atoms with van der Waals surface area (Å²) in [6.07, 6.45) is -0.403. The maximum absolute atomic E-state index is 8.29. The molecule has 3 heteroatoms. The van der Waals surface area contributed by atoms with E-state index in [1.54, 1.807) is 6.07 Å². The van der Waals surface area contributed by atoms with Crippen LogP contribution in [-0.4, -0.2) is 16.5 Å². The van der Waals surface area contributed by atoms with Gasteiger partial charge < -0.3 is 10.2 Å². The highest BCUT2D eigenvalue weighted by Crippen LogP contribution is 1.94. The van der Waals surface area contributed by atoms with Crippen LogP contribution in [0, 0.1) is 11.3 Å². The van der Waals surface area contributed by atoms with E-state index in [-0.39, 0.29) is 5.57 Å². The van der Waals surface area contributed by atoms with Gasteiger partial charge in [-0.15, -0.1) is 0 Å². The Morgan fingerprint density at radius 3 is 2.38 bits per heavy atom. The zero-order chi connectivity index (χ0) is 6.57. The fourth-order valence-electron chi connectivity index (χ4n) is 0.176. The van der Waals surface area contributed by atoms with Gasteiger partial charge in [-0.1, -0.05) is 0 Å². The van der Waals surface area contributed by atoms with Crippen LogP contribution in [0.15, 0.2) is 11.6 Å². The SMILES string of the molecule is CC(=CC#N)C(O)O. The predicted octanol–water partition coefficient (Wildman–Crippen LogP) is -0.233. The Labute approximate surface area is 47.5 Å². The van der Waals surface area contributed by atoms with E-state index in [0.29, 0.717) is 0 Å². The van der Waals surface area contributed by atoms with Gasteiger partial charge in [0.05, 0.1) is 6.07 Å². The molecule has 0 unspecified atom stereocenters. The summed E-state index contributed by atoms with van der Waals surface area (Å²) in [5.74, 6) is 0. The van der Waals surface area contributed by atoms with Crippen molar-refractivity contribution in [2.45, 2.75) is 13.2 Å². The number of aliphatic hydroxyl groups excluding tert-OH is 1. The molecule has 0 aliphatic rings. The Morgan fingerprint density at radius 2 is 2.25 bits per heavy atom. The van der Waals surface area contributed by atoms with Crippen molar-refractivity contribution in [3.05, 3.63) is 11.6 Å². The monoisotopic (exact) mass is 113 g/mol. The van der Waals surface area contributed by atoms with Gasteiger partial charge >= 0.3 is 0 Å². The van der Waals surface area contributed by atoms with Crippen molar-refractivity contribution in [1.82, 2.24) is 0 Å². The van der Waals surface area contributed by atoms with Crippen LogP contribution >= 0.6 is 0 Å². The minimum Gasteiger partial charge on any atom is -0.365 e. The third-order valence-electron chi connectivity index (χ3n) is 0.699. The normalized spacial score (nSPS) is 11.6. The number of allylic oxidation sites excluding steroid dienone is 1. The Hall–Kier alpha value is -0.850. The molecule has 0 fully saturated rings. The highest BCUT2D eigenvalue weighted by molar-refractivity contribution is 5.12. The molecule has 0 aliphatic heterocycles. The lowest BCUT2D eigenvalue weighted by Crippen LogP contribution is -2.04. The number of hydrogen-bond donors (Lipinski definition) is 2. The van der Waals surface area contributed by atoms with E-state index in [1.165, 1.54) is 6.92 Å². The summed E-state index contributed by atoms with van der Waals surface area (Å²) in [5, 5.41) is 24.5. The van der Waals surface area contributed by atoms with Crippen LogP contribution in [0.25, 0.3) is 0 Å². The van der Waals surface area contributed by atoms with Crippen molar-refractivity contribution >= 4 is 0 Å². The van der Waals surface area contributed by atoms with E-state index in [4.69, 9.17) is 15.5 Å². The van der Waals surface area contributed by atoms with E-state index in [0.717, 1.165) is 6.08 Å². The molecule has 8 heavy (non-hydrogen) atoms. The van der Waals surface area contributed by atoms with Crippen molar-refractivity contribution < 1.29 is 10.2 Å². The molecule has 0 atom stereocenters. The highest BCUT2D eigenvalue weighted by atomic mass is 16.5.